The van der Waals surface area contributed by atoms with E-state index in [9.17, 15) is 4.79 Å². The maximum absolute atomic E-state index is 12.8. The molecule has 0 spiro atoms. The number of benzene rings is 3. The second-order valence-corrected chi connectivity index (χ2v) is 7.31. The topological polar surface area (TPSA) is 44.7 Å². The van der Waals surface area contributed by atoms with Crippen molar-refractivity contribution in [2.45, 2.75) is 19.4 Å². The Morgan fingerprint density at radius 1 is 0.931 bits per heavy atom. The van der Waals surface area contributed by atoms with E-state index in [-0.39, 0.29) is 18.5 Å². The zero-order chi connectivity index (χ0) is 20.1. The van der Waals surface area contributed by atoms with Crippen LogP contribution in [0.25, 0.3) is 0 Å². The van der Waals surface area contributed by atoms with Crippen LogP contribution >= 0.6 is 0 Å². The quantitative estimate of drug-likeness (QED) is 0.689. The lowest BCUT2D eigenvalue weighted by atomic mass is 9.98. The van der Waals surface area contributed by atoms with Crippen LogP contribution in [0.3, 0.4) is 0 Å². The molecule has 4 rings (SSSR count). The number of aryl methyl sites for hydroxylation is 1. The van der Waals surface area contributed by atoms with Crippen molar-refractivity contribution in [1.82, 2.24) is 10.3 Å². The Hall–Kier alpha value is -3.24. The van der Waals surface area contributed by atoms with Crippen LogP contribution in [-0.4, -0.2) is 29.7 Å². The van der Waals surface area contributed by atoms with Crippen LogP contribution in [0.4, 0.5) is 0 Å². The molecule has 1 aliphatic heterocycles. The smallest absolute Gasteiger partial charge is 0.256 e. The summed E-state index contributed by atoms with van der Waals surface area (Å²) in [6, 6.07) is 28.7. The van der Waals surface area contributed by atoms with Crippen molar-refractivity contribution >= 4 is 11.6 Å². The summed E-state index contributed by atoms with van der Waals surface area (Å²) < 4.78 is 0. The van der Waals surface area contributed by atoms with Gasteiger partial charge in [0.05, 0.1) is 24.8 Å². The van der Waals surface area contributed by atoms with Crippen molar-refractivity contribution in [2.75, 3.05) is 13.1 Å². The number of rotatable bonds is 6. The van der Waals surface area contributed by atoms with Crippen molar-refractivity contribution in [3.05, 3.63) is 107 Å². The Kier molecular flexibility index (Phi) is 5.82. The first-order valence-corrected chi connectivity index (χ1v) is 9.99. The van der Waals surface area contributed by atoms with E-state index in [2.05, 4.69) is 53.7 Å². The van der Waals surface area contributed by atoms with Gasteiger partial charge in [0.15, 0.2) is 0 Å². The minimum absolute atomic E-state index is 0.0102. The minimum Gasteiger partial charge on any atom is -0.298 e. The monoisotopic (exact) mass is 383 g/mol. The van der Waals surface area contributed by atoms with Gasteiger partial charge in [-0.1, -0.05) is 90.5 Å². The molecular weight excluding hydrogens is 358 g/mol. The third kappa shape index (κ3) is 4.61. The number of carbonyl (C=O) groups is 1. The summed E-state index contributed by atoms with van der Waals surface area (Å²) >= 11 is 0. The maximum Gasteiger partial charge on any atom is 0.256 e. The number of hydrogen-bond donors (Lipinski definition) is 1. The number of hydrogen-bond acceptors (Lipinski definition) is 3. The van der Waals surface area contributed by atoms with Crippen LogP contribution in [0.15, 0.2) is 90.0 Å². The van der Waals surface area contributed by atoms with E-state index < -0.39 is 0 Å². The fourth-order valence-corrected chi connectivity index (χ4v) is 3.58. The Labute approximate surface area is 171 Å². The second-order valence-electron chi connectivity index (χ2n) is 7.31. The number of nitrogens with zero attached hydrogens (tertiary/aromatic N) is 2. The van der Waals surface area contributed by atoms with Crippen LogP contribution in [0.1, 0.15) is 34.7 Å². The van der Waals surface area contributed by atoms with Gasteiger partial charge in [0.25, 0.3) is 5.91 Å². The van der Waals surface area contributed by atoms with Gasteiger partial charge >= 0.3 is 0 Å². The number of nitrogens with one attached hydrogen (secondary N) is 1. The molecule has 0 aromatic heterocycles. The summed E-state index contributed by atoms with van der Waals surface area (Å²) in [5, 5.41) is 9.59. The first kappa shape index (κ1) is 19.1. The largest absolute Gasteiger partial charge is 0.298 e. The normalized spacial score (nSPS) is 14.5. The van der Waals surface area contributed by atoms with Gasteiger partial charge in [0.2, 0.25) is 0 Å². The van der Waals surface area contributed by atoms with Gasteiger partial charge in [-0.3, -0.25) is 10.1 Å². The van der Waals surface area contributed by atoms with E-state index in [0.29, 0.717) is 6.54 Å². The summed E-state index contributed by atoms with van der Waals surface area (Å²) in [6.45, 7) is 2.94. The lowest BCUT2D eigenvalue weighted by Gasteiger charge is -2.21. The highest BCUT2D eigenvalue weighted by Gasteiger charge is 2.23. The van der Waals surface area contributed by atoms with Gasteiger partial charge in [-0.2, -0.15) is 5.10 Å². The van der Waals surface area contributed by atoms with E-state index >= 15 is 0 Å². The van der Waals surface area contributed by atoms with Gasteiger partial charge in [-0.15, -0.1) is 0 Å². The van der Waals surface area contributed by atoms with Gasteiger partial charge < -0.3 is 0 Å². The van der Waals surface area contributed by atoms with Gasteiger partial charge in [-0.25, -0.2) is 5.01 Å². The summed E-state index contributed by atoms with van der Waals surface area (Å²) in [5.74, 6) is -0.0102. The molecule has 0 aliphatic carbocycles. The summed E-state index contributed by atoms with van der Waals surface area (Å²) in [7, 11) is 0. The average molecular weight is 383 g/mol. The number of carbonyl (C=O) groups excluding carboxylic acids is 1. The van der Waals surface area contributed by atoms with Gasteiger partial charge in [0, 0.05) is 6.42 Å². The Morgan fingerprint density at radius 3 is 2.24 bits per heavy atom. The number of hydrazone groups is 1. The molecule has 0 unspecified atom stereocenters. The molecule has 1 aliphatic rings. The first-order chi connectivity index (χ1) is 14.2. The molecule has 0 fully saturated rings. The highest BCUT2D eigenvalue weighted by molar-refractivity contribution is 6.02. The minimum atomic E-state index is -0.0408. The van der Waals surface area contributed by atoms with Crippen LogP contribution in [-0.2, 0) is 4.79 Å². The summed E-state index contributed by atoms with van der Waals surface area (Å²) in [5.41, 5.74) is 5.55. The van der Waals surface area contributed by atoms with Crippen LogP contribution < -0.4 is 5.32 Å². The fourth-order valence-electron chi connectivity index (χ4n) is 3.58. The molecule has 3 aromatic carbocycles. The predicted octanol–water partition coefficient (Wildman–Crippen LogP) is 4.31. The molecule has 29 heavy (non-hydrogen) atoms. The SMILES string of the molecule is Cc1ccc([C@@H](NCC(=O)N2CCC(c3ccccc3)=N2)c2ccccc2)cc1. The Balaban J connectivity index is 1.47. The summed E-state index contributed by atoms with van der Waals surface area (Å²) in [4.78, 5) is 12.8. The molecule has 1 amide bonds. The van der Waals surface area contributed by atoms with Crippen molar-refractivity contribution in [3.63, 3.8) is 0 Å². The zero-order valence-corrected chi connectivity index (χ0v) is 16.6. The molecule has 0 saturated carbocycles. The van der Waals surface area contributed by atoms with E-state index in [0.717, 1.165) is 28.8 Å². The predicted molar refractivity (Wildman–Crippen MR) is 117 cm³/mol. The van der Waals surface area contributed by atoms with Crippen LogP contribution in [0.5, 0.6) is 0 Å². The van der Waals surface area contributed by atoms with Crippen molar-refractivity contribution in [1.29, 1.82) is 0 Å². The third-order valence-corrected chi connectivity index (χ3v) is 5.20. The fraction of sp³-hybridized carbons (Fsp3) is 0.200. The Bertz CT molecular complexity index is 982. The second kappa shape index (κ2) is 8.84. The molecule has 0 saturated heterocycles. The van der Waals surface area contributed by atoms with E-state index in [1.807, 2.05) is 48.5 Å². The standard InChI is InChI=1S/C25H25N3O/c1-19-12-14-22(15-13-19)25(21-10-6-3-7-11-21)26-18-24(29)28-17-16-23(27-28)20-8-4-2-5-9-20/h2-15,25-26H,16-18H2,1H3/t25-/m0/s1. The lowest BCUT2D eigenvalue weighted by molar-refractivity contribution is -0.129. The molecule has 0 bridgehead atoms. The third-order valence-electron chi connectivity index (χ3n) is 5.20. The van der Waals surface area contributed by atoms with Crippen LogP contribution in [0.2, 0.25) is 0 Å². The summed E-state index contributed by atoms with van der Waals surface area (Å²) in [6.07, 6.45) is 0.788. The molecule has 4 nitrogen and oxygen atoms in total. The highest BCUT2D eigenvalue weighted by atomic mass is 16.2. The molecule has 1 atom stereocenters. The Morgan fingerprint density at radius 2 is 1.55 bits per heavy atom. The van der Waals surface area contributed by atoms with Crippen LogP contribution in [0, 0.1) is 6.92 Å². The van der Waals surface area contributed by atoms with E-state index in [1.54, 1.807) is 5.01 Å². The van der Waals surface area contributed by atoms with Crippen molar-refractivity contribution in [3.8, 4) is 0 Å². The van der Waals surface area contributed by atoms with E-state index in [4.69, 9.17) is 0 Å². The van der Waals surface area contributed by atoms with Crippen molar-refractivity contribution < 1.29 is 4.79 Å². The van der Waals surface area contributed by atoms with E-state index in [1.165, 1.54) is 5.56 Å². The zero-order valence-electron chi connectivity index (χ0n) is 16.6. The van der Waals surface area contributed by atoms with Gasteiger partial charge in [0.1, 0.15) is 0 Å². The number of amides is 1. The average Bonchev–Trinajstić information content (AvgIpc) is 3.27. The molecule has 3 aromatic rings. The maximum atomic E-state index is 12.8. The molecule has 146 valence electrons. The molecule has 1 N–H and O–H groups in total. The van der Waals surface area contributed by atoms with Gasteiger partial charge in [-0.05, 0) is 23.6 Å². The molecule has 4 heteroatoms. The molecule has 1 heterocycles. The first-order valence-electron chi connectivity index (χ1n) is 9.99. The van der Waals surface area contributed by atoms with Crippen molar-refractivity contribution in [2.24, 2.45) is 5.10 Å². The molecular formula is C25H25N3O. The lowest BCUT2D eigenvalue weighted by Crippen LogP contribution is -2.36. The highest BCUT2D eigenvalue weighted by Crippen LogP contribution is 2.22. The molecule has 0 radical (unpaired) electrons.